The van der Waals surface area contributed by atoms with Crippen LogP contribution in [0.25, 0.3) is 21.3 Å². The Hall–Kier alpha value is -2.20. The number of carbonyl (C=O) groups excluding carboxylic acids is 1. The monoisotopic (exact) mass is 488 g/mol. The molecule has 0 spiro atoms. The molecule has 1 aliphatic rings. The van der Waals surface area contributed by atoms with E-state index in [1.54, 1.807) is 22.6 Å². The average Bonchev–Trinajstić information content (AvgIpc) is 3.44. The van der Waals surface area contributed by atoms with Gasteiger partial charge in [-0.3, -0.25) is 4.79 Å². The summed E-state index contributed by atoms with van der Waals surface area (Å²) in [5.74, 6) is -0.101. The Kier molecular flexibility index (Phi) is 6.95. The molecule has 0 saturated carbocycles. The van der Waals surface area contributed by atoms with Crippen LogP contribution in [0.3, 0.4) is 0 Å². The number of thiophene rings is 1. The highest BCUT2D eigenvalue weighted by Gasteiger charge is 2.29. The fourth-order valence-corrected chi connectivity index (χ4v) is 6.57. The molecule has 0 unspecified atom stereocenters. The summed E-state index contributed by atoms with van der Waals surface area (Å²) in [4.78, 5) is 17.9. The topological polar surface area (TPSA) is 108 Å². The first-order valence-corrected chi connectivity index (χ1v) is 13.9. The summed E-state index contributed by atoms with van der Waals surface area (Å²) in [5, 5.41) is 4.43. The summed E-state index contributed by atoms with van der Waals surface area (Å²) in [6.45, 7) is 7.78. The van der Waals surface area contributed by atoms with Crippen molar-refractivity contribution < 1.29 is 13.2 Å². The van der Waals surface area contributed by atoms with Crippen LogP contribution in [0.4, 0.5) is 0 Å². The number of hydrogen-bond acceptors (Lipinski definition) is 5. The number of sulfonamides is 1. The first kappa shape index (κ1) is 23.9. The Morgan fingerprint density at radius 2 is 2.00 bits per heavy atom. The van der Waals surface area contributed by atoms with E-state index in [0.29, 0.717) is 24.7 Å². The van der Waals surface area contributed by atoms with Crippen molar-refractivity contribution in [2.24, 2.45) is 5.73 Å². The van der Waals surface area contributed by atoms with Crippen molar-refractivity contribution in [3.05, 3.63) is 46.5 Å². The summed E-state index contributed by atoms with van der Waals surface area (Å²) in [6, 6.07) is 8.62. The second-order valence-corrected chi connectivity index (χ2v) is 12.4. The smallest absolute Gasteiger partial charge is 0.250 e. The minimum Gasteiger partial charge on any atom is -0.366 e. The lowest BCUT2D eigenvalue weighted by molar-refractivity contribution is 0.100. The summed E-state index contributed by atoms with van der Waals surface area (Å²) < 4.78 is 26.1. The van der Waals surface area contributed by atoms with Crippen LogP contribution in [-0.2, 0) is 16.6 Å². The van der Waals surface area contributed by atoms with Crippen LogP contribution in [0.1, 0.15) is 60.3 Å². The molecule has 0 aliphatic carbocycles. The Bertz CT molecular complexity index is 1250. The van der Waals surface area contributed by atoms with Crippen molar-refractivity contribution in [1.82, 2.24) is 14.6 Å². The van der Waals surface area contributed by atoms with E-state index in [2.05, 4.69) is 42.3 Å². The SMILES string of the molecule is CCS(=O)(=O)N1CCC(c2c[nH]c3c(C(N)=O)cc(-c4ccc(CNC(C)C)s4)cc23)CC1. The number of nitrogens with zero attached hydrogens (tertiary/aromatic N) is 1. The van der Waals surface area contributed by atoms with Gasteiger partial charge in [-0.2, -0.15) is 0 Å². The molecule has 1 saturated heterocycles. The van der Waals surface area contributed by atoms with Gasteiger partial charge in [0.25, 0.3) is 5.91 Å². The van der Waals surface area contributed by atoms with Crippen LogP contribution in [0.15, 0.2) is 30.5 Å². The maximum Gasteiger partial charge on any atom is 0.250 e. The van der Waals surface area contributed by atoms with E-state index in [1.807, 2.05) is 12.3 Å². The molecule has 1 amide bonds. The number of nitrogens with two attached hydrogens (primary N) is 1. The van der Waals surface area contributed by atoms with Gasteiger partial charge in [0.15, 0.2) is 0 Å². The second-order valence-electron chi connectivity index (χ2n) is 8.93. The molecule has 4 N–H and O–H groups in total. The second kappa shape index (κ2) is 9.58. The number of carbonyl (C=O) groups is 1. The summed E-state index contributed by atoms with van der Waals surface area (Å²) >= 11 is 1.71. The fraction of sp³-hybridized carbons (Fsp3) is 0.458. The van der Waals surface area contributed by atoms with Gasteiger partial charge in [-0.15, -0.1) is 11.3 Å². The third-order valence-corrected chi connectivity index (χ3v) is 9.39. The van der Waals surface area contributed by atoms with E-state index < -0.39 is 15.9 Å². The first-order chi connectivity index (χ1) is 15.7. The van der Waals surface area contributed by atoms with Crippen LogP contribution < -0.4 is 11.1 Å². The number of nitrogens with one attached hydrogen (secondary N) is 2. The van der Waals surface area contributed by atoms with E-state index >= 15 is 0 Å². The zero-order chi connectivity index (χ0) is 23.8. The molecule has 1 fully saturated rings. The number of aromatic nitrogens is 1. The molecule has 4 rings (SSSR count). The highest BCUT2D eigenvalue weighted by molar-refractivity contribution is 7.89. The number of amides is 1. The molecule has 9 heteroatoms. The normalized spacial score (nSPS) is 16.1. The highest BCUT2D eigenvalue weighted by atomic mass is 32.2. The third-order valence-electron chi connectivity index (χ3n) is 6.37. The number of primary amides is 1. The number of fused-ring (bicyclic) bond motifs is 1. The van der Waals surface area contributed by atoms with Crippen LogP contribution in [0.5, 0.6) is 0 Å². The molecule has 33 heavy (non-hydrogen) atoms. The Morgan fingerprint density at radius 3 is 2.64 bits per heavy atom. The van der Waals surface area contributed by atoms with Crippen LogP contribution in [0, 0.1) is 0 Å². The molecule has 7 nitrogen and oxygen atoms in total. The zero-order valence-electron chi connectivity index (χ0n) is 19.3. The zero-order valence-corrected chi connectivity index (χ0v) is 21.0. The molecule has 1 aliphatic heterocycles. The largest absolute Gasteiger partial charge is 0.366 e. The lowest BCUT2D eigenvalue weighted by Gasteiger charge is -2.31. The number of piperidine rings is 1. The van der Waals surface area contributed by atoms with E-state index in [9.17, 15) is 13.2 Å². The first-order valence-electron chi connectivity index (χ1n) is 11.4. The molecule has 178 valence electrons. The van der Waals surface area contributed by atoms with Crippen molar-refractivity contribution in [3.63, 3.8) is 0 Å². The van der Waals surface area contributed by atoms with E-state index in [-0.39, 0.29) is 11.7 Å². The van der Waals surface area contributed by atoms with E-state index in [0.717, 1.165) is 46.3 Å². The van der Waals surface area contributed by atoms with Gasteiger partial charge in [-0.25, -0.2) is 12.7 Å². The molecular formula is C24H32N4O3S2. The fourth-order valence-electron chi connectivity index (χ4n) is 4.49. The van der Waals surface area contributed by atoms with Gasteiger partial charge >= 0.3 is 0 Å². The van der Waals surface area contributed by atoms with Crippen molar-refractivity contribution in [1.29, 1.82) is 0 Å². The number of aromatic amines is 1. The standard InChI is InChI=1S/C24H32N4O3S2/c1-4-33(30,31)28-9-7-16(8-10-28)21-14-27-23-19(21)11-17(12-20(23)24(25)29)22-6-5-18(32-22)13-26-15(2)3/h5-6,11-12,14-16,26-27H,4,7-10,13H2,1-3H3,(H2,25,29). The maximum absolute atomic E-state index is 12.3. The van der Waals surface area contributed by atoms with Crippen LogP contribution >= 0.6 is 11.3 Å². The van der Waals surface area contributed by atoms with Gasteiger partial charge in [0.2, 0.25) is 10.0 Å². The Labute approximate surface area is 199 Å². The molecule has 2 aromatic heterocycles. The van der Waals surface area contributed by atoms with Gasteiger partial charge < -0.3 is 16.0 Å². The molecule has 0 atom stereocenters. The number of H-pyrrole nitrogens is 1. The minimum atomic E-state index is -3.16. The van der Waals surface area contributed by atoms with Crippen molar-refractivity contribution in [2.45, 2.75) is 52.1 Å². The molecule has 0 radical (unpaired) electrons. The highest BCUT2D eigenvalue weighted by Crippen LogP contribution is 2.38. The summed E-state index contributed by atoms with van der Waals surface area (Å²) in [7, 11) is -3.16. The van der Waals surface area contributed by atoms with Crippen LogP contribution in [-0.4, -0.2) is 48.5 Å². The van der Waals surface area contributed by atoms with E-state index in [1.165, 1.54) is 4.88 Å². The van der Waals surface area contributed by atoms with Crippen molar-refractivity contribution >= 4 is 38.2 Å². The molecule has 0 bridgehead atoms. The predicted molar refractivity (Wildman–Crippen MR) is 135 cm³/mol. The van der Waals surface area contributed by atoms with Gasteiger partial charge in [-0.1, -0.05) is 13.8 Å². The van der Waals surface area contributed by atoms with E-state index in [4.69, 9.17) is 5.73 Å². The van der Waals surface area contributed by atoms with Gasteiger partial charge in [-0.05, 0) is 61.1 Å². The van der Waals surface area contributed by atoms with Gasteiger partial charge in [0.1, 0.15) is 0 Å². The average molecular weight is 489 g/mol. The summed E-state index contributed by atoms with van der Waals surface area (Å²) in [6.07, 6.45) is 3.47. The lowest BCUT2D eigenvalue weighted by Crippen LogP contribution is -2.38. The van der Waals surface area contributed by atoms with Gasteiger partial charge in [0, 0.05) is 47.0 Å². The maximum atomic E-state index is 12.3. The molecule has 3 heterocycles. The number of rotatable bonds is 8. The van der Waals surface area contributed by atoms with Crippen LogP contribution in [0.2, 0.25) is 0 Å². The third kappa shape index (κ3) is 5.01. The van der Waals surface area contributed by atoms with Crippen molar-refractivity contribution in [3.8, 4) is 10.4 Å². The van der Waals surface area contributed by atoms with Gasteiger partial charge in [0.05, 0.1) is 16.8 Å². The molecule has 1 aromatic carbocycles. The predicted octanol–water partition coefficient (Wildman–Crippen LogP) is 4.02. The number of hydrogen-bond donors (Lipinski definition) is 3. The Morgan fingerprint density at radius 1 is 1.27 bits per heavy atom. The summed E-state index contributed by atoms with van der Waals surface area (Å²) in [5.41, 5.74) is 9.08. The minimum absolute atomic E-state index is 0.131. The molecule has 3 aromatic rings. The number of benzene rings is 1. The quantitative estimate of drug-likeness (QED) is 0.445. The Balaban J connectivity index is 1.67. The molecular weight excluding hydrogens is 456 g/mol. The lowest BCUT2D eigenvalue weighted by atomic mass is 9.89. The van der Waals surface area contributed by atoms with Crippen molar-refractivity contribution in [2.75, 3.05) is 18.8 Å².